The summed E-state index contributed by atoms with van der Waals surface area (Å²) in [7, 11) is 0. The van der Waals surface area contributed by atoms with E-state index in [1.165, 1.54) is 15.9 Å². The van der Waals surface area contributed by atoms with Gasteiger partial charge in [0.15, 0.2) is 0 Å². The van der Waals surface area contributed by atoms with Crippen molar-refractivity contribution >= 4 is 21.6 Å². The zero-order valence-corrected chi connectivity index (χ0v) is 10.5. The SMILES string of the molecule is CC(C)C(O)Cn1c(=O)[nH]c(=O)c2ccsc21. The van der Waals surface area contributed by atoms with E-state index in [0.29, 0.717) is 10.2 Å². The summed E-state index contributed by atoms with van der Waals surface area (Å²) in [5.74, 6) is 0.0591. The van der Waals surface area contributed by atoms with Gasteiger partial charge in [0, 0.05) is 0 Å². The zero-order chi connectivity index (χ0) is 12.6. The number of rotatable bonds is 3. The maximum Gasteiger partial charge on any atom is 0.329 e. The molecule has 0 saturated heterocycles. The van der Waals surface area contributed by atoms with Crippen molar-refractivity contribution in [1.82, 2.24) is 9.55 Å². The van der Waals surface area contributed by atoms with Crippen molar-refractivity contribution in [3.63, 3.8) is 0 Å². The second-order valence-corrected chi connectivity index (χ2v) is 5.22. The van der Waals surface area contributed by atoms with Gasteiger partial charge in [-0.15, -0.1) is 11.3 Å². The van der Waals surface area contributed by atoms with E-state index in [4.69, 9.17) is 0 Å². The van der Waals surface area contributed by atoms with E-state index in [0.717, 1.165) is 0 Å². The Labute approximate surface area is 101 Å². The molecule has 0 spiro atoms. The number of thiophene rings is 1. The predicted molar refractivity (Wildman–Crippen MR) is 67.6 cm³/mol. The second-order valence-electron chi connectivity index (χ2n) is 4.32. The Hall–Kier alpha value is -1.40. The standard InChI is InChI=1S/C11H14N2O3S/c1-6(2)8(14)5-13-10-7(3-4-17-10)9(15)12-11(13)16/h3-4,6,8,14H,5H2,1-2H3,(H,12,15,16). The van der Waals surface area contributed by atoms with Gasteiger partial charge >= 0.3 is 5.69 Å². The minimum absolute atomic E-state index is 0.0591. The van der Waals surface area contributed by atoms with Gasteiger partial charge in [-0.1, -0.05) is 13.8 Å². The lowest BCUT2D eigenvalue weighted by Gasteiger charge is -2.16. The predicted octanol–water partition coefficient (Wildman–Crippen LogP) is 0.768. The number of aromatic nitrogens is 2. The van der Waals surface area contributed by atoms with Crippen molar-refractivity contribution in [3.8, 4) is 0 Å². The van der Waals surface area contributed by atoms with Gasteiger partial charge in [-0.2, -0.15) is 0 Å². The number of nitrogens with zero attached hydrogens (tertiary/aromatic N) is 1. The largest absolute Gasteiger partial charge is 0.391 e. The molecule has 0 aliphatic carbocycles. The van der Waals surface area contributed by atoms with E-state index in [1.807, 2.05) is 13.8 Å². The van der Waals surface area contributed by atoms with Crippen LogP contribution in [0.3, 0.4) is 0 Å². The highest BCUT2D eigenvalue weighted by Crippen LogP contribution is 2.16. The monoisotopic (exact) mass is 254 g/mol. The first-order chi connectivity index (χ1) is 8.00. The van der Waals surface area contributed by atoms with E-state index < -0.39 is 11.8 Å². The highest BCUT2D eigenvalue weighted by Gasteiger charge is 2.14. The Balaban J connectivity index is 2.57. The molecule has 2 N–H and O–H groups in total. The van der Waals surface area contributed by atoms with E-state index >= 15 is 0 Å². The first-order valence-electron chi connectivity index (χ1n) is 5.39. The molecular weight excluding hydrogens is 240 g/mol. The fourth-order valence-electron chi connectivity index (χ4n) is 1.57. The van der Waals surface area contributed by atoms with Crippen LogP contribution in [0.1, 0.15) is 13.8 Å². The Kier molecular flexibility index (Phi) is 3.17. The topological polar surface area (TPSA) is 75.1 Å². The highest BCUT2D eigenvalue weighted by molar-refractivity contribution is 7.16. The summed E-state index contributed by atoms with van der Waals surface area (Å²) >= 11 is 1.33. The molecule has 2 aromatic rings. The molecule has 0 aliphatic rings. The molecule has 5 nitrogen and oxygen atoms in total. The lowest BCUT2D eigenvalue weighted by Crippen LogP contribution is -2.34. The third kappa shape index (κ3) is 2.18. The molecule has 6 heteroatoms. The van der Waals surface area contributed by atoms with Crippen molar-refractivity contribution in [2.45, 2.75) is 26.5 Å². The van der Waals surface area contributed by atoms with Gasteiger partial charge in [-0.25, -0.2) is 4.79 Å². The van der Waals surface area contributed by atoms with Crippen molar-refractivity contribution in [2.75, 3.05) is 0 Å². The van der Waals surface area contributed by atoms with Crippen molar-refractivity contribution in [3.05, 3.63) is 32.3 Å². The Morgan fingerprint density at radius 3 is 2.82 bits per heavy atom. The van der Waals surface area contributed by atoms with Gasteiger partial charge in [0.1, 0.15) is 4.83 Å². The summed E-state index contributed by atoms with van der Waals surface area (Å²) in [5.41, 5.74) is -0.841. The van der Waals surface area contributed by atoms with E-state index in [2.05, 4.69) is 4.98 Å². The summed E-state index contributed by atoms with van der Waals surface area (Å²) in [6.07, 6.45) is -0.607. The second kappa shape index (κ2) is 4.46. The van der Waals surface area contributed by atoms with Gasteiger partial charge < -0.3 is 5.11 Å². The first-order valence-corrected chi connectivity index (χ1v) is 6.27. The van der Waals surface area contributed by atoms with Gasteiger partial charge in [-0.05, 0) is 17.4 Å². The van der Waals surface area contributed by atoms with E-state index in [1.54, 1.807) is 11.4 Å². The fraction of sp³-hybridized carbons (Fsp3) is 0.455. The normalized spacial score (nSPS) is 13.4. The van der Waals surface area contributed by atoms with Crippen LogP contribution in [0.15, 0.2) is 21.0 Å². The molecule has 1 unspecified atom stereocenters. The minimum Gasteiger partial charge on any atom is -0.391 e. The summed E-state index contributed by atoms with van der Waals surface area (Å²) in [6.45, 7) is 3.96. The molecule has 92 valence electrons. The molecule has 2 aromatic heterocycles. The Bertz CT molecular complexity index is 638. The molecule has 0 fully saturated rings. The van der Waals surface area contributed by atoms with Gasteiger partial charge in [-0.3, -0.25) is 14.3 Å². The summed E-state index contributed by atoms with van der Waals surface area (Å²) in [5, 5.41) is 12.1. The number of aromatic amines is 1. The maximum atomic E-state index is 11.7. The van der Waals surface area contributed by atoms with E-state index in [9.17, 15) is 14.7 Å². The molecule has 2 rings (SSSR count). The van der Waals surface area contributed by atoms with Crippen LogP contribution in [0, 0.1) is 5.92 Å². The number of nitrogens with one attached hydrogen (secondary N) is 1. The molecule has 0 radical (unpaired) electrons. The fourth-order valence-corrected chi connectivity index (χ4v) is 2.48. The van der Waals surface area contributed by atoms with Crippen molar-refractivity contribution in [1.29, 1.82) is 0 Å². The number of hydrogen-bond acceptors (Lipinski definition) is 4. The molecule has 1 atom stereocenters. The van der Waals surface area contributed by atoms with Crippen LogP contribution < -0.4 is 11.2 Å². The highest BCUT2D eigenvalue weighted by atomic mass is 32.1. The average molecular weight is 254 g/mol. The lowest BCUT2D eigenvalue weighted by molar-refractivity contribution is 0.107. The van der Waals surface area contributed by atoms with Crippen LogP contribution in [0.4, 0.5) is 0 Å². The van der Waals surface area contributed by atoms with Crippen LogP contribution in [0.5, 0.6) is 0 Å². The number of H-pyrrole nitrogens is 1. The molecule has 2 heterocycles. The molecule has 17 heavy (non-hydrogen) atoms. The first kappa shape index (κ1) is 12.1. The molecule has 0 saturated carbocycles. The molecule has 0 amide bonds. The van der Waals surface area contributed by atoms with Gasteiger partial charge in [0.2, 0.25) is 0 Å². The Morgan fingerprint density at radius 1 is 1.47 bits per heavy atom. The number of aliphatic hydroxyl groups is 1. The van der Waals surface area contributed by atoms with Crippen LogP contribution >= 0.6 is 11.3 Å². The number of fused-ring (bicyclic) bond motifs is 1. The third-order valence-electron chi connectivity index (χ3n) is 2.74. The van der Waals surface area contributed by atoms with Gasteiger partial charge in [0.05, 0.1) is 18.0 Å². The molecule has 0 bridgehead atoms. The van der Waals surface area contributed by atoms with Crippen LogP contribution in [0.2, 0.25) is 0 Å². The lowest BCUT2D eigenvalue weighted by atomic mass is 10.1. The molecular formula is C11H14N2O3S. The quantitative estimate of drug-likeness (QED) is 0.849. The van der Waals surface area contributed by atoms with Crippen LogP contribution in [0.25, 0.3) is 10.2 Å². The van der Waals surface area contributed by atoms with Gasteiger partial charge in [0.25, 0.3) is 5.56 Å². The van der Waals surface area contributed by atoms with Crippen LogP contribution in [-0.2, 0) is 6.54 Å². The average Bonchev–Trinajstić information content (AvgIpc) is 2.72. The smallest absolute Gasteiger partial charge is 0.329 e. The summed E-state index contributed by atoms with van der Waals surface area (Å²) in [4.78, 5) is 26.1. The van der Waals surface area contributed by atoms with Crippen LogP contribution in [-0.4, -0.2) is 20.8 Å². The number of aliphatic hydroxyl groups excluding tert-OH is 1. The molecule has 0 aliphatic heterocycles. The van der Waals surface area contributed by atoms with E-state index in [-0.39, 0.29) is 18.0 Å². The third-order valence-corrected chi connectivity index (χ3v) is 3.68. The Morgan fingerprint density at radius 2 is 2.18 bits per heavy atom. The molecule has 0 aromatic carbocycles. The minimum atomic E-state index is -0.607. The number of hydrogen-bond donors (Lipinski definition) is 2. The zero-order valence-electron chi connectivity index (χ0n) is 9.64. The maximum absolute atomic E-state index is 11.7. The van der Waals surface area contributed by atoms with Crippen molar-refractivity contribution in [2.24, 2.45) is 5.92 Å². The van der Waals surface area contributed by atoms with Crippen molar-refractivity contribution < 1.29 is 5.11 Å². The summed E-state index contributed by atoms with van der Waals surface area (Å²) < 4.78 is 1.42. The summed E-state index contributed by atoms with van der Waals surface area (Å²) in [6, 6.07) is 1.68.